The number of fused-ring (bicyclic) bond motifs is 1. The van der Waals surface area contributed by atoms with Crippen molar-refractivity contribution in [3.05, 3.63) is 36.0 Å². The lowest BCUT2D eigenvalue weighted by molar-refractivity contribution is 0.133. The first-order chi connectivity index (χ1) is 12.4. The third-order valence-corrected chi connectivity index (χ3v) is 3.74. The van der Waals surface area contributed by atoms with Gasteiger partial charge in [0.25, 0.3) is 0 Å². The number of benzene rings is 1. The van der Waals surface area contributed by atoms with Gasteiger partial charge in [0.15, 0.2) is 0 Å². The molecule has 142 valence electrons. The fourth-order valence-electron chi connectivity index (χ4n) is 2.50. The maximum atomic E-state index is 12.4. The largest absolute Gasteiger partial charge is 0.449 e. The Balaban J connectivity index is 2.04. The number of hydrogen-bond acceptors (Lipinski definition) is 4. The van der Waals surface area contributed by atoms with E-state index in [2.05, 4.69) is 5.32 Å². The number of carbonyl (C=O) groups excluding carboxylic acids is 2. The molecule has 1 aromatic carbocycles. The maximum absolute atomic E-state index is 12.4. The van der Waals surface area contributed by atoms with Gasteiger partial charge in [-0.25, -0.2) is 9.59 Å². The second-order valence-electron chi connectivity index (χ2n) is 7.18. The standard InChI is InChI=1S/C20H28N2O4/c1-14(2)12-25-19(23)21-10-9-16-11-22(20(24)26-13-15(3)4)18-8-6-5-7-17(16)18/h5-8,11,14-15H,9-10,12-13H2,1-4H3,(H,21,23). The zero-order chi connectivity index (χ0) is 19.1. The van der Waals surface area contributed by atoms with Gasteiger partial charge in [0, 0.05) is 18.1 Å². The van der Waals surface area contributed by atoms with Gasteiger partial charge < -0.3 is 14.8 Å². The van der Waals surface area contributed by atoms with E-state index in [1.165, 1.54) is 4.57 Å². The fraction of sp³-hybridized carbons (Fsp3) is 0.500. The molecule has 2 rings (SSSR count). The van der Waals surface area contributed by atoms with Gasteiger partial charge in [-0.1, -0.05) is 45.9 Å². The van der Waals surface area contributed by atoms with Crippen LogP contribution in [0.3, 0.4) is 0 Å². The number of amides is 1. The van der Waals surface area contributed by atoms with Gasteiger partial charge in [-0.15, -0.1) is 0 Å². The normalized spacial score (nSPS) is 11.2. The fourth-order valence-corrected chi connectivity index (χ4v) is 2.50. The number of nitrogens with one attached hydrogen (secondary N) is 1. The summed E-state index contributed by atoms with van der Waals surface area (Å²) in [6.45, 7) is 9.18. The van der Waals surface area contributed by atoms with Crippen molar-refractivity contribution in [1.29, 1.82) is 0 Å². The van der Waals surface area contributed by atoms with Crippen molar-refractivity contribution in [3.8, 4) is 0 Å². The average Bonchev–Trinajstić information content (AvgIpc) is 2.97. The first kappa shape index (κ1) is 19.8. The zero-order valence-electron chi connectivity index (χ0n) is 16.0. The molecule has 2 aromatic rings. The molecule has 0 atom stereocenters. The number of rotatable bonds is 7. The molecule has 1 amide bonds. The first-order valence-electron chi connectivity index (χ1n) is 9.05. The van der Waals surface area contributed by atoms with E-state index in [4.69, 9.17) is 9.47 Å². The van der Waals surface area contributed by atoms with Crippen LogP contribution < -0.4 is 5.32 Å². The zero-order valence-corrected chi connectivity index (χ0v) is 16.0. The molecule has 1 heterocycles. The van der Waals surface area contributed by atoms with E-state index in [1.54, 1.807) is 6.20 Å². The van der Waals surface area contributed by atoms with Crippen LogP contribution in [0.1, 0.15) is 33.3 Å². The summed E-state index contributed by atoms with van der Waals surface area (Å²) >= 11 is 0. The highest BCUT2D eigenvalue weighted by molar-refractivity contribution is 5.92. The Morgan fingerprint density at radius 3 is 2.38 bits per heavy atom. The van der Waals surface area contributed by atoms with Crippen molar-refractivity contribution >= 4 is 23.1 Å². The molecule has 0 fully saturated rings. The van der Waals surface area contributed by atoms with E-state index >= 15 is 0 Å². The molecule has 6 nitrogen and oxygen atoms in total. The van der Waals surface area contributed by atoms with Crippen molar-refractivity contribution in [2.24, 2.45) is 11.8 Å². The van der Waals surface area contributed by atoms with E-state index < -0.39 is 6.09 Å². The predicted octanol–water partition coefficient (Wildman–Crippen LogP) is 4.21. The molecule has 0 aliphatic heterocycles. The molecule has 0 aliphatic carbocycles. The second kappa shape index (κ2) is 9.27. The minimum Gasteiger partial charge on any atom is -0.449 e. The molecule has 0 aliphatic rings. The van der Waals surface area contributed by atoms with Crippen molar-refractivity contribution < 1.29 is 19.1 Å². The number of carbonyl (C=O) groups is 2. The lowest BCUT2D eigenvalue weighted by Crippen LogP contribution is -2.27. The second-order valence-corrected chi connectivity index (χ2v) is 7.18. The van der Waals surface area contributed by atoms with Crippen LogP contribution in [0, 0.1) is 11.8 Å². The topological polar surface area (TPSA) is 69.6 Å². The molecule has 0 radical (unpaired) electrons. The molecule has 0 unspecified atom stereocenters. The monoisotopic (exact) mass is 360 g/mol. The predicted molar refractivity (Wildman–Crippen MR) is 101 cm³/mol. The van der Waals surface area contributed by atoms with Crippen molar-refractivity contribution in [3.63, 3.8) is 0 Å². The highest BCUT2D eigenvalue weighted by atomic mass is 16.6. The lowest BCUT2D eigenvalue weighted by atomic mass is 10.1. The molecular weight excluding hydrogens is 332 g/mol. The van der Waals surface area contributed by atoms with Gasteiger partial charge in [-0.3, -0.25) is 4.57 Å². The minimum absolute atomic E-state index is 0.279. The minimum atomic E-state index is -0.418. The Bertz CT molecular complexity index is 749. The molecule has 0 spiro atoms. The van der Waals surface area contributed by atoms with Crippen LogP contribution in [0.15, 0.2) is 30.5 Å². The summed E-state index contributed by atoms with van der Waals surface area (Å²) in [5.74, 6) is 0.580. The van der Waals surface area contributed by atoms with Gasteiger partial charge in [0.2, 0.25) is 0 Å². The molecule has 1 aromatic heterocycles. The van der Waals surface area contributed by atoms with Crippen LogP contribution in [0.5, 0.6) is 0 Å². The van der Waals surface area contributed by atoms with E-state index in [9.17, 15) is 9.59 Å². The van der Waals surface area contributed by atoms with E-state index in [0.29, 0.717) is 32.1 Å². The average molecular weight is 360 g/mol. The summed E-state index contributed by atoms with van der Waals surface area (Å²) in [6, 6.07) is 7.67. The van der Waals surface area contributed by atoms with Crippen molar-refractivity contribution in [2.45, 2.75) is 34.1 Å². The Hall–Kier alpha value is -2.50. The van der Waals surface area contributed by atoms with Gasteiger partial charge in [0.1, 0.15) is 0 Å². The number of alkyl carbamates (subject to hydrolysis) is 1. The van der Waals surface area contributed by atoms with Crippen LogP contribution >= 0.6 is 0 Å². The third kappa shape index (κ3) is 5.51. The van der Waals surface area contributed by atoms with Gasteiger partial charge in [-0.05, 0) is 29.9 Å². The number of ether oxygens (including phenoxy) is 2. The molecule has 0 saturated heterocycles. The summed E-state index contributed by atoms with van der Waals surface area (Å²) in [5.41, 5.74) is 1.78. The quantitative estimate of drug-likeness (QED) is 0.803. The Morgan fingerprint density at radius 1 is 1.04 bits per heavy atom. The van der Waals surface area contributed by atoms with Crippen LogP contribution in [-0.4, -0.2) is 36.5 Å². The summed E-state index contributed by atoms with van der Waals surface area (Å²) in [6.07, 6.45) is 1.58. The Morgan fingerprint density at radius 2 is 1.69 bits per heavy atom. The van der Waals surface area contributed by atoms with Crippen molar-refractivity contribution in [2.75, 3.05) is 19.8 Å². The highest BCUT2D eigenvalue weighted by Gasteiger charge is 2.15. The molecule has 6 heteroatoms. The molecule has 0 bridgehead atoms. The summed E-state index contributed by atoms with van der Waals surface area (Å²) in [7, 11) is 0. The highest BCUT2D eigenvalue weighted by Crippen LogP contribution is 2.22. The number of para-hydroxylation sites is 1. The van der Waals surface area contributed by atoms with Gasteiger partial charge in [-0.2, -0.15) is 0 Å². The molecule has 0 saturated carbocycles. The summed E-state index contributed by atoms with van der Waals surface area (Å²) in [4.78, 5) is 24.0. The lowest BCUT2D eigenvalue weighted by Gasteiger charge is -2.08. The van der Waals surface area contributed by atoms with E-state index in [1.807, 2.05) is 52.0 Å². The number of aromatic nitrogens is 1. The van der Waals surface area contributed by atoms with Crippen LogP contribution in [0.25, 0.3) is 10.9 Å². The van der Waals surface area contributed by atoms with Crippen molar-refractivity contribution in [1.82, 2.24) is 9.88 Å². The van der Waals surface area contributed by atoms with Crippen LogP contribution in [0.4, 0.5) is 9.59 Å². The van der Waals surface area contributed by atoms with E-state index in [-0.39, 0.29) is 12.0 Å². The van der Waals surface area contributed by atoms with Crippen LogP contribution in [-0.2, 0) is 15.9 Å². The molecule has 1 N–H and O–H groups in total. The van der Waals surface area contributed by atoms with Crippen LogP contribution in [0.2, 0.25) is 0 Å². The van der Waals surface area contributed by atoms with Gasteiger partial charge in [0.05, 0.1) is 18.7 Å². The van der Waals surface area contributed by atoms with E-state index in [0.717, 1.165) is 16.5 Å². The summed E-state index contributed by atoms with van der Waals surface area (Å²) in [5, 5.41) is 3.72. The third-order valence-electron chi connectivity index (χ3n) is 3.74. The smallest absolute Gasteiger partial charge is 0.418 e. The first-order valence-corrected chi connectivity index (χ1v) is 9.05. The summed E-state index contributed by atoms with van der Waals surface area (Å²) < 4.78 is 12.0. The number of hydrogen-bond donors (Lipinski definition) is 1. The SMILES string of the molecule is CC(C)COC(=O)NCCc1cn(C(=O)OCC(C)C)c2ccccc12. The van der Waals surface area contributed by atoms with Gasteiger partial charge >= 0.3 is 12.2 Å². The molecular formula is C20H28N2O4. The molecule has 26 heavy (non-hydrogen) atoms. The Kier molecular flexibility index (Phi) is 7.06. The number of nitrogens with zero attached hydrogens (tertiary/aromatic N) is 1. The Labute approximate surface area is 154 Å². The maximum Gasteiger partial charge on any atom is 0.418 e.